The summed E-state index contributed by atoms with van der Waals surface area (Å²) in [7, 11) is -3.72. The number of nitrogens with zero attached hydrogens (tertiary/aromatic N) is 2. The van der Waals surface area contributed by atoms with E-state index in [1.807, 2.05) is 11.0 Å². The van der Waals surface area contributed by atoms with E-state index in [9.17, 15) is 13.2 Å². The molecular formula is C16H21N3O3S. The first-order valence-corrected chi connectivity index (χ1v) is 9.04. The molecule has 0 aromatic heterocycles. The first kappa shape index (κ1) is 17.4. The van der Waals surface area contributed by atoms with Crippen LogP contribution in [-0.4, -0.2) is 37.9 Å². The molecule has 7 heteroatoms. The molecule has 1 N–H and O–H groups in total. The maximum atomic E-state index is 12.2. The van der Waals surface area contributed by atoms with Crippen LogP contribution in [0.2, 0.25) is 0 Å². The van der Waals surface area contributed by atoms with E-state index >= 15 is 0 Å². The van der Waals surface area contributed by atoms with Crippen LogP contribution in [0, 0.1) is 11.3 Å². The van der Waals surface area contributed by atoms with Crippen LogP contribution >= 0.6 is 0 Å². The van der Waals surface area contributed by atoms with Crippen LogP contribution in [0.15, 0.2) is 29.2 Å². The molecule has 1 aliphatic rings. The van der Waals surface area contributed by atoms with E-state index in [-0.39, 0.29) is 10.8 Å². The molecule has 1 fully saturated rings. The fraction of sp³-hybridized carbons (Fsp3) is 0.500. The van der Waals surface area contributed by atoms with Crippen molar-refractivity contribution in [1.29, 1.82) is 5.26 Å². The van der Waals surface area contributed by atoms with Crippen LogP contribution in [0.5, 0.6) is 0 Å². The standard InChI is InChI=1S/C16H21N3O3S/c1-16(2,12-17)18-23(21,22)14-7-5-13(6-8-14)9-11-19-10-3-4-15(19)20/h5-8,18H,3-4,9-11H2,1-2H3. The highest BCUT2D eigenvalue weighted by Gasteiger charge is 2.25. The minimum atomic E-state index is -3.72. The third-order valence-corrected chi connectivity index (χ3v) is 5.42. The lowest BCUT2D eigenvalue weighted by molar-refractivity contribution is -0.127. The quantitative estimate of drug-likeness (QED) is 0.851. The molecule has 0 atom stereocenters. The minimum Gasteiger partial charge on any atom is -0.342 e. The van der Waals surface area contributed by atoms with E-state index < -0.39 is 15.6 Å². The number of sulfonamides is 1. The van der Waals surface area contributed by atoms with E-state index in [1.54, 1.807) is 12.1 Å². The molecule has 1 saturated heterocycles. The fourth-order valence-electron chi connectivity index (χ4n) is 2.46. The van der Waals surface area contributed by atoms with Crippen molar-refractivity contribution in [2.75, 3.05) is 13.1 Å². The molecule has 23 heavy (non-hydrogen) atoms. The molecule has 0 saturated carbocycles. The first-order valence-electron chi connectivity index (χ1n) is 7.55. The lowest BCUT2D eigenvalue weighted by Crippen LogP contribution is -2.41. The number of hydrogen-bond acceptors (Lipinski definition) is 4. The monoisotopic (exact) mass is 335 g/mol. The molecule has 0 aliphatic carbocycles. The van der Waals surface area contributed by atoms with Crippen LogP contribution in [0.3, 0.4) is 0 Å². The first-order chi connectivity index (χ1) is 10.7. The van der Waals surface area contributed by atoms with Crippen molar-refractivity contribution in [1.82, 2.24) is 9.62 Å². The Morgan fingerprint density at radius 2 is 1.96 bits per heavy atom. The Bertz CT molecular complexity index is 718. The molecule has 1 heterocycles. The summed E-state index contributed by atoms with van der Waals surface area (Å²) in [5.41, 5.74) is -0.184. The second-order valence-electron chi connectivity index (χ2n) is 6.22. The Morgan fingerprint density at radius 1 is 1.30 bits per heavy atom. The zero-order chi connectivity index (χ0) is 17.1. The Balaban J connectivity index is 2.01. The van der Waals surface area contributed by atoms with E-state index in [0.29, 0.717) is 19.4 Å². The third kappa shape index (κ3) is 4.53. The average molecular weight is 335 g/mol. The summed E-state index contributed by atoms with van der Waals surface area (Å²) in [5, 5.41) is 8.93. The summed E-state index contributed by atoms with van der Waals surface area (Å²) in [6.07, 6.45) is 2.23. The largest absolute Gasteiger partial charge is 0.342 e. The third-order valence-electron chi connectivity index (χ3n) is 3.74. The number of nitrogens with one attached hydrogen (secondary N) is 1. The molecule has 2 rings (SSSR count). The minimum absolute atomic E-state index is 0.127. The average Bonchev–Trinajstić information content (AvgIpc) is 2.90. The van der Waals surface area contributed by atoms with Crippen molar-refractivity contribution < 1.29 is 13.2 Å². The Hall–Kier alpha value is -1.91. The van der Waals surface area contributed by atoms with Crippen LogP contribution in [0.1, 0.15) is 32.3 Å². The number of hydrogen-bond donors (Lipinski definition) is 1. The van der Waals surface area contributed by atoms with Gasteiger partial charge in [-0.15, -0.1) is 0 Å². The second-order valence-corrected chi connectivity index (χ2v) is 7.90. The van der Waals surface area contributed by atoms with Gasteiger partial charge in [0.15, 0.2) is 0 Å². The number of benzene rings is 1. The predicted molar refractivity (Wildman–Crippen MR) is 86.0 cm³/mol. The lowest BCUT2D eigenvalue weighted by Gasteiger charge is -2.18. The normalized spacial score (nSPS) is 15.7. The molecule has 0 radical (unpaired) electrons. The Morgan fingerprint density at radius 3 is 2.48 bits per heavy atom. The number of amides is 1. The van der Waals surface area contributed by atoms with Gasteiger partial charge >= 0.3 is 0 Å². The number of nitriles is 1. The van der Waals surface area contributed by atoms with E-state index in [0.717, 1.165) is 18.5 Å². The van der Waals surface area contributed by atoms with Crippen LogP contribution in [-0.2, 0) is 21.2 Å². The molecule has 124 valence electrons. The van der Waals surface area contributed by atoms with Gasteiger partial charge in [0, 0.05) is 19.5 Å². The van der Waals surface area contributed by atoms with Gasteiger partial charge in [-0.05, 0) is 44.4 Å². The molecule has 1 aliphatic heterocycles. The van der Waals surface area contributed by atoms with Gasteiger partial charge in [0.2, 0.25) is 15.9 Å². The number of rotatable bonds is 6. The van der Waals surface area contributed by atoms with Crippen molar-refractivity contribution in [3.63, 3.8) is 0 Å². The highest BCUT2D eigenvalue weighted by atomic mass is 32.2. The summed E-state index contributed by atoms with van der Waals surface area (Å²) in [5.74, 6) is 0.187. The molecular weight excluding hydrogens is 314 g/mol. The van der Waals surface area contributed by atoms with E-state index in [2.05, 4.69) is 4.72 Å². The van der Waals surface area contributed by atoms with Crippen LogP contribution < -0.4 is 4.72 Å². The van der Waals surface area contributed by atoms with Gasteiger partial charge in [0.05, 0.1) is 11.0 Å². The fourth-order valence-corrected chi connectivity index (χ4v) is 3.79. The Labute approximate surface area is 137 Å². The SMILES string of the molecule is CC(C)(C#N)NS(=O)(=O)c1ccc(CCN2CCCC2=O)cc1. The van der Waals surface area contributed by atoms with Gasteiger partial charge in [-0.3, -0.25) is 4.79 Å². The zero-order valence-corrected chi connectivity index (χ0v) is 14.2. The van der Waals surface area contributed by atoms with Crippen molar-refractivity contribution >= 4 is 15.9 Å². The lowest BCUT2D eigenvalue weighted by atomic mass is 10.1. The van der Waals surface area contributed by atoms with Crippen molar-refractivity contribution in [2.45, 2.75) is 43.5 Å². The maximum absolute atomic E-state index is 12.2. The molecule has 0 spiro atoms. The highest BCUT2D eigenvalue weighted by molar-refractivity contribution is 7.89. The molecule has 6 nitrogen and oxygen atoms in total. The topological polar surface area (TPSA) is 90.3 Å². The maximum Gasteiger partial charge on any atom is 0.241 e. The van der Waals surface area contributed by atoms with Crippen molar-refractivity contribution in [3.8, 4) is 6.07 Å². The van der Waals surface area contributed by atoms with Gasteiger partial charge in [-0.1, -0.05) is 12.1 Å². The molecule has 0 unspecified atom stereocenters. The van der Waals surface area contributed by atoms with E-state index in [1.165, 1.54) is 26.0 Å². The number of likely N-dealkylation sites (tertiary alicyclic amines) is 1. The van der Waals surface area contributed by atoms with Gasteiger partial charge in [0.1, 0.15) is 5.54 Å². The Kier molecular flexibility index (Phi) is 5.07. The van der Waals surface area contributed by atoms with Crippen LogP contribution in [0.4, 0.5) is 0 Å². The summed E-state index contributed by atoms with van der Waals surface area (Å²) in [4.78, 5) is 13.5. The predicted octanol–water partition coefficient (Wildman–Crippen LogP) is 1.43. The van der Waals surface area contributed by atoms with Crippen molar-refractivity contribution in [3.05, 3.63) is 29.8 Å². The van der Waals surface area contributed by atoms with Gasteiger partial charge in [-0.2, -0.15) is 9.98 Å². The summed E-state index contributed by atoms with van der Waals surface area (Å²) >= 11 is 0. The molecule has 0 bridgehead atoms. The van der Waals surface area contributed by atoms with Gasteiger partial charge in [0.25, 0.3) is 0 Å². The molecule has 1 amide bonds. The zero-order valence-electron chi connectivity index (χ0n) is 13.4. The summed E-state index contributed by atoms with van der Waals surface area (Å²) in [6.45, 7) is 4.47. The van der Waals surface area contributed by atoms with Gasteiger partial charge in [-0.25, -0.2) is 8.42 Å². The number of carbonyl (C=O) groups excluding carboxylic acids is 1. The molecule has 1 aromatic rings. The smallest absolute Gasteiger partial charge is 0.241 e. The van der Waals surface area contributed by atoms with Crippen molar-refractivity contribution in [2.24, 2.45) is 0 Å². The highest BCUT2D eigenvalue weighted by Crippen LogP contribution is 2.15. The molecule has 1 aromatic carbocycles. The van der Waals surface area contributed by atoms with Crippen LogP contribution in [0.25, 0.3) is 0 Å². The second kappa shape index (κ2) is 6.69. The summed E-state index contributed by atoms with van der Waals surface area (Å²) < 4.78 is 26.8. The summed E-state index contributed by atoms with van der Waals surface area (Å²) in [6, 6.07) is 8.45. The van der Waals surface area contributed by atoms with E-state index in [4.69, 9.17) is 5.26 Å². The van der Waals surface area contributed by atoms with Gasteiger partial charge < -0.3 is 4.90 Å². The number of carbonyl (C=O) groups is 1.